The average Bonchev–Trinajstić information content (AvgIpc) is 2.67. The summed E-state index contributed by atoms with van der Waals surface area (Å²) in [6, 6.07) is 10.1. The summed E-state index contributed by atoms with van der Waals surface area (Å²) in [6.07, 6.45) is -0.759. The van der Waals surface area contributed by atoms with Gasteiger partial charge in [0.15, 0.2) is 6.10 Å². The van der Waals surface area contributed by atoms with Gasteiger partial charge >= 0.3 is 5.63 Å². The molecule has 1 aromatic heterocycles. The van der Waals surface area contributed by atoms with Crippen molar-refractivity contribution < 1.29 is 23.1 Å². The van der Waals surface area contributed by atoms with Crippen molar-refractivity contribution in [1.29, 1.82) is 0 Å². The first-order chi connectivity index (χ1) is 13.9. The van der Waals surface area contributed by atoms with Crippen LogP contribution in [0.15, 0.2) is 51.7 Å². The number of nitrogens with one attached hydrogen (secondary N) is 1. The number of carbonyl (C=O) groups is 1. The van der Waals surface area contributed by atoms with E-state index in [1.807, 2.05) is 0 Å². The maximum atomic E-state index is 13.4. The molecule has 0 aliphatic rings. The second kappa shape index (κ2) is 9.07. The molecule has 1 heterocycles. The van der Waals surface area contributed by atoms with Gasteiger partial charge in [-0.3, -0.25) is 4.79 Å². The maximum absolute atomic E-state index is 13.4. The van der Waals surface area contributed by atoms with E-state index in [0.717, 1.165) is 0 Å². The fourth-order valence-electron chi connectivity index (χ4n) is 2.82. The summed E-state index contributed by atoms with van der Waals surface area (Å²) in [4.78, 5) is 24.1. The van der Waals surface area contributed by atoms with E-state index in [9.17, 15) is 14.0 Å². The van der Waals surface area contributed by atoms with E-state index < -0.39 is 17.5 Å². The third kappa shape index (κ3) is 4.93. The van der Waals surface area contributed by atoms with Crippen LogP contribution in [0.1, 0.15) is 6.92 Å². The summed E-state index contributed by atoms with van der Waals surface area (Å²) in [5.74, 6) is -0.410. The van der Waals surface area contributed by atoms with Crippen LogP contribution < -0.4 is 15.7 Å². The highest BCUT2D eigenvalue weighted by molar-refractivity contribution is 6.33. The van der Waals surface area contributed by atoms with Gasteiger partial charge in [0.2, 0.25) is 0 Å². The number of amides is 1. The van der Waals surface area contributed by atoms with Gasteiger partial charge in [-0.25, -0.2) is 9.18 Å². The van der Waals surface area contributed by atoms with Crippen LogP contribution in [0.5, 0.6) is 5.75 Å². The van der Waals surface area contributed by atoms with E-state index >= 15 is 0 Å². The van der Waals surface area contributed by atoms with Crippen LogP contribution in [0.4, 0.5) is 4.39 Å². The van der Waals surface area contributed by atoms with E-state index in [1.54, 1.807) is 26.2 Å². The molecule has 0 saturated heterocycles. The number of rotatable bonds is 7. The van der Waals surface area contributed by atoms with E-state index in [0.29, 0.717) is 35.4 Å². The Labute approximate surface area is 171 Å². The minimum Gasteiger partial charge on any atom is -0.481 e. The van der Waals surface area contributed by atoms with Gasteiger partial charge in [-0.15, -0.1) is 0 Å². The molecule has 1 amide bonds. The zero-order chi connectivity index (χ0) is 21.0. The molecule has 152 valence electrons. The van der Waals surface area contributed by atoms with Crippen molar-refractivity contribution in [1.82, 2.24) is 5.32 Å². The summed E-state index contributed by atoms with van der Waals surface area (Å²) in [5.41, 5.74) is 0.691. The fraction of sp³-hybridized carbons (Fsp3) is 0.238. The minimum atomic E-state index is -0.759. The highest BCUT2D eigenvalue weighted by Gasteiger charge is 2.16. The molecule has 3 rings (SSSR count). The molecule has 2 aromatic carbocycles. The van der Waals surface area contributed by atoms with Crippen molar-refractivity contribution in [3.63, 3.8) is 0 Å². The van der Waals surface area contributed by atoms with Crippen molar-refractivity contribution in [3.05, 3.63) is 63.7 Å². The third-order valence-electron chi connectivity index (χ3n) is 4.22. The van der Waals surface area contributed by atoms with Crippen molar-refractivity contribution >= 4 is 28.5 Å². The molecule has 1 atom stereocenters. The Morgan fingerprint density at radius 1 is 1.21 bits per heavy atom. The van der Waals surface area contributed by atoms with Crippen LogP contribution >= 0.6 is 11.6 Å². The molecule has 0 fully saturated rings. The number of halogens is 2. The Hall–Kier alpha value is -2.90. The maximum Gasteiger partial charge on any atom is 0.336 e. The predicted molar refractivity (Wildman–Crippen MR) is 108 cm³/mol. The minimum absolute atomic E-state index is 0.179. The van der Waals surface area contributed by atoms with Crippen molar-refractivity contribution in [2.24, 2.45) is 0 Å². The monoisotopic (exact) mass is 419 g/mol. The molecule has 0 unspecified atom stereocenters. The normalized spacial score (nSPS) is 12.0. The van der Waals surface area contributed by atoms with E-state index in [1.165, 1.54) is 30.3 Å². The molecule has 0 bridgehead atoms. The lowest BCUT2D eigenvalue weighted by Crippen LogP contribution is -2.37. The summed E-state index contributed by atoms with van der Waals surface area (Å²) in [6.45, 7) is 2.38. The van der Waals surface area contributed by atoms with Gasteiger partial charge in [-0.05, 0) is 37.3 Å². The lowest BCUT2D eigenvalue weighted by atomic mass is 10.0. The predicted octanol–water partition coefficient (Wildman–Crippen LogP) is 3.78. The van der Waals surface area contributed by atoms with Crippen molar-refractivity contribution in [2.75, 3.05) is 20.3 Å². The number of ether oxygens (including phenoxy) is 2. The summed E-state index contributed by atoms with van der Waals surface area (Å²) >= 11 is 6.15. The Morgan fingerprint density at radius 2 is 2.00 bits per heavy atom. The molecule has 8 heteroatoms. The second-order valence-electron chi connectivity index (χ2n) is 6.31. The Morgan fingerprint density at radius 3 is 2.72 bits per heavy atom. The zero-order valence-corrected chi connectivity index (χ0v) is 16.6. The first-order valence-electron chi connectivity index (χ1n) is 8.85. The molecule has 0 spiro atoms. The second-order valence-corrected chi connectivity index (χ2v) is 6.71. The van der Waals surface area contributed by atoms with Gasteiger partial charge in [0, 0.05) is 42.3 Å². The molecule has 1 N–H and O–H groups in total. The molecule has 0 saturated carbocycles. The fourth-order valence-corrected chi connectivity index (χ4v) is 3.09. The van der Waals surface area contributed by atoms with E-state index in [-0.39, 0.29) is 16.5 Å². The zero-order valence-electron chi connectivity index (χ0n) is 15.8. The summed E-state index contributed by atoms with van der Waals surface area (Å²) in [7, 11) is 1.54. The Kier molecular flexibility index (Phi) is 6.51. The number of fused-ring (bicyclic) bond motifs is 1. The van der Waals surface area contributed by atoms with Crippen LogP contribution in [-0.2, 0) is 9.53 Å². The summed E-state index contributed by atoms with van der Waals surface area (Å²) in [5, 5.41) is 3.46. The SMILES string of the molecule is COCCNC(=O)[C@@H](C)Oc1ccc2c(-c3ccc(F)cc3Cl)cc(=O)oc2c1. The number of hydrogen-bond acceptors (Lipinski definition) is 5. The van der Waals surface area contributed by atoms with Gasteiger partial charge < -0.3 is 19.2 Å². The number of carbonyl (C=O) groups excluding carboxylic acids is 1. The third-order valence-corrected chi connectivity index (χ3v) is 4.54. The molecular formula is C21H19ClFNO5. The summed E-state index contributed by atoms with van der Waals surface area (Å²) < 4.78 is 29.2. The van der Waals surface area contributed by atoms with Crippen LogP contribution in [0.3, 0.4) is 0 Å². The Bertz CT molecular complexity index is 1100. The quantitative estimate of drug-likeness (QED) is 0.465. The number of hydrogen-bond donors (Lipinski definition) is 1. The van der Waals surface area contributed by atoms with E-state index in [2.05, 4.69) is 5.32 Å². The molecule has 0 radical (unpaired) electrons. The largest absolute Gasteiger partial charge is 0.481 e. The van der Waals surface area contributed by atoms with E-state index in [4.69, 9.17) is 25.5 Å². The molecular weight excluding hydrogens is 401 g/mol. The van der Waals surface area contributed by atoms with Gasteiger partial charge in [0.05, 0.1) is 11.6 Å². The van der Waals surface area contributed by atoms with Crippen LogP contribution in [0, 0.1) is 5.82 Å². The smallest absolute Gasteiger partial charge is 0.336 e. The van der Waals surface area contributed by atoms with Gasteiger partial charge in [0.25, 0.3) is 5.91 Å². The van der Waals surface area contributed by atoms with Crippen LogP contribution in [-0.4, -0.2) is 32.3 Å². The molecule has 0 aliphatic heterocycles. The average molecular weight is 420 g/mol. The van der Waals surface area contributed by atoms with Gasteiger partial charge in [-0.2, -0.15) is 0 Å². The topological polar surface area (TPSA) is 77.8 Å². The highest BCUT2D eigenvalue weighted by atomic mass is 35.5. The standard InChI is InChI=1S/C21H19ClFNO5/c1-12(21(26)24-7-8-27-2)28-14-4-6-16-17(11-20(25)29-19(16)10-14)15-5-3-13(23)9-18(15)22/h3-6,9-12H,7-8H2,1-2H3,(H,24,26)/t12-/m1/s1. The number of methoxy groups -OCH3 is 1. The van der Waals surface area contributed by atoms with Crippen LogP contribution in [0.25, 0.3) is 22.1 Å². The molecule has 0 aliphatic carbocycles. The number of benzene rings is 2. The lowest BCUT2D eigenvalue weighted by molar-refractivity contribution is -0.127. The van der Waals surface area contributed by atoms with Gasteiger partial charge in [-0.1, -0.05) is 11.6 Å². The van der Waals surface area contributed by atoms with Crippen molar-refractivity contribution in [2.45, 2.75) is 13.0 Å². The molecule has 3 aromatic rings. The highest BCUT2D eigenvalue weighted by Crippen LogP contribution is 2.34. The molecule has 29 heavy (non-hydrogen) atoms. The first kappa shape index (κ1) is 20.8. The van der Waals surface area contributed by atoms with Crippen molar-refractivity contribution in [3.8, 4) is 16.9 Å². The lowest BCUT2D eigenvalue weighted by Gasteiger charge is -2.15. The first-order valence-corrected chi connectivity index (χ1v) is 9.23. The van der Waals surface area contributed by atoms with Crippen LogP contribution in [0.2, 0.25) is 5.02 Å². The molecule has 6 nitrogen and oxygen atoms in total. The van der Waals surface area contributed by atoms with Gasteiger partial charge in [0.1, 0.15) is 17.1 Å². The Balaban J connectivity index is 1.91.